The van der Waals surface area contributed by atoms with Crippen molar-refractivity contribution in [1.29, 1.82) is 0 Å². The van der Waals surface area contributed by atoms with Crippen LogP contribution in [0.25, 0.3) is 0 Å². The van der Waals surface area contributed by atoms with Gasteiger partial charge in [0.05, 0.1) is 17.5 Å². The van der Waals surface area contributed by atoms with Crippen LogP contribution in [0.3, 0.4) is 0 Å². The van der Waals surface area contributed by atoms with Crippen molar-refractivity contribution in [2.24, 2.45) is 0 Å². The summed E-state index contributed by atoms with van der Waals surface area (Å²) in [4.78, 5) is 23.4. The van der Waals surface area contributed by atoms with E-state index in [-0.39, 0.29) is 16.7 Å². The number of amides is 1. The van der Waals surface area contributed by atoms with E-state index < -0.39 is 18.0 Å². The van der Waals surface area contributed by atoms with Crippen molar-refractivity contribution in [2.45, 2.75) is 18.3 Å². The average Bonchev–Trinajstić information content (AvgIpc) is 3.42. The second kappa shape index (κ2) is 7.25. The third-order valence-electron chi connectivity index (χ3n) is 4.35. The molecular weight excluding hydrogens is 358 g/mol. The fraction of sp³-hybridized carbons (Fsp3) is 0.263. The van der Waals surface area contributed by atoms with Gasteiger partial charge in [-0.3, -0.25) is 4.79 Å². The van der Waals surface area contributed by atoms with Crippen molar-refractivity contribution in [3.05, 3.63) is 53.1 Å². The lowest BCUT2D eigenvalue weighted by Crippen LogP contribution is -2.28. The number of para-hydroxylation sites is 1. The Morgan fingerprint density at radius 2 is 1.92 bits per heavy atom. The van der Waals surface area contributed by atoms with E-state index in [0.29, 0.717) is 11.4 Å². The van der Waals surface area contributed by atoms with Crippen LogP contribution in [-0.4, -0.2) is 30.7 Å². The Labute approximate surface area is 155 Å². The lowest BCUT2D eigenvalue weighted by atomic mass is 9.94. The summed E-state index contributed by atoms with van der Waals surface area (Å²) in [6.45, 7) is -0.484. The van der Waals surface area contributed by atoms with Gasteiger partial charge in [-0.25, -0.2) is 4.79 Å². The molecule has 0 bridgehead atoms. The molecule has 0 unspecified atom stereocenters. The summed E-state index contributed by atoms with van der Waals surface area (Å²) in [5, 5.41) is 11.8. The standard InChI is InChI=1S/C19H18ClNO5/c1-25-15-5-3-2-4-13(15)19(8-9-19)18(24)21-12-6-7-16(14(20)10-12)26-11-17(22)23/h2-7,10H,8-9,11H2,1H3,(H,21,24)(H,22,23). The quantitative estimate of drug-likeness (QED) is 0.773. The topological polar surface area (TPSA) is 84.9 Å². The maximum Gasteiger partial charge on any atom is 0.341 e. The zero-order valence-corrected chi connectivity index (χ0v) is 14.9. The van der Waals surface area contributed by atoms with Gasteiger partial charge >= 0.3 is 5.97 Å². The number of benzene rings is 2. The van der Waals surface area contributed by atoms with Crippen molar-refractivity contribution >= 4 is 29.2 Å². The van der Waals surface area contributed by atoms with E-state index in [4.69, 9.17) is 26.2 Å². The first-order chi connectivity index (χ1) is 12.5. The molecule has 1 aliphatic carbocycles. The molecule has 1 amide bonds. The molecule has 26 heavy (non-hydrogen) atoms. The lowest BCUT2D eigenvalue weighted by molar-refractivity contribution is -0.139. The minimum atomic E-state index is -1.09. The molecule has 2 N–H and O–H groups in total. The smallest absolute Gasteiger partial charge is 0.341 e. The molecule has 1 fully saturated rings. The zero-order valence-electron chi connectivity index (χ0n) is 14.1. The van der Waals surface area contributed by atoms with Crippen LogP contribution >= 0.6 is 11.6 Å². The second-order valence-electron chi connectivity index (χ2n) is 6.06. The summed E-state index contributed by atoms with van der Waals surface area (Å²) in [5.74, 6) is -0.281. The van der Waals surface area contributed by atoms with Crippen molar-refractivity contribution in [2.75, 3.05) is 19.0 Å². The number of carbonyl (C=O) groups is 2. The first kappa shape index (κ1) is 18.1. The molecule has 0 aliphatic heterocycles. The zero-order chi connectivity index (χ0) is 18.7. The molecule has 136 valence electrons. The fourth-order valence-corrected chi connectivity index (χ4v) is 3.10. The number of anilines is 1. The number of methoxy groups -OCH3 is 1. The number of nitrogens with one attached hydrogen (secondary N) is 1. The van der Waals surface area contributed by atoms with Crippen LogP contribution in [-0.2, 0) is 15.0 Å². The minimum Gasteiger partial charge on any atom is -0.496 e. The van der Waals surface area contributed by atoms with E-state index >= 15 is 0 Å². The fourth-order valence-electron chi connectivity index (χ4n) is 2.87. The van der Waals surface area contributed by atoms with Gasteiger partial charge in [0.15, 0.2) is 6.61 Å². The van der Waals surface area contributed by atoms with Crippen LogP contribution in [0.1, 0.15) is 18.4 Å². The van der Waals surface area contributed by atoms with Crippen LogP contribution in [0.15, 0.2) is 42.5 Å². The van der Waals surface area contributed by atoms with Crippen LogP contribution < -0.4 is 14.8 Å². The van der Waals surface area contributed by atoms with Gasteiger partial charge in [-0.05, 0) is 37.1 Å². The maximum atomic E-state index is 12.9. The molecular formula is C19H18ClNO5. The Kier molecular flexibility index (Phi) is 5.04. The first-order valence-corrected chi connectivity index (χ1v) is 8.43. The highest BCUT2D eigenvalue weighted by atomic mass is 35.5. The van der Waals surface area contributed by atoms with Gasteiger partial charge in [-0.15, -0.1) is 0 Å². The number of carboxylic acid groups (broad SMARTS) is 1. The van der Waals surface area contributed by atoms with E-state index in [2.05, 4.69) is 5.32 Å². The molecule has 1 saturated carbocycles. The molecule has 6 nitrogen and oxygen atoms in total. The summed E-state index contributed by atoms with van der Waals surface area (Å²) in [6, 6.07) is 12.2. The molecule has 0 radical (unpaired) electrons. The highest BCUT2D eigenvalue weighted by Gasteiger charge is 2.52. The van der Waals surface area contributed by atoms with Gasteiger partial charge < -0.3 is 19.9 Å². The van der Waals surface area contributed by atoms with Crippen LogP contribution in [0.2, 0.25) is 5.02 Å². The third kappa shape index (κ3) is 3.60. The predicted molar refractivity (Wildman–Crippen MR) is 97.1 cm³/mol. The lowest BCUT2D eigenvalue weighted by Gasteiger charge is -2.19. The van der Waals surface area contributed by atoms with Gasteiger partial charge in [0.1, 0.15) is 11.5 Å². The number of aliphatic carboxylic acids is 1. The molecule has 0 atom stereocenters. The molecule has 0 saturated heterocycles. The van der Waals surface area contributed by atoms with Crippen LogP contribution in [0, 0.1) is 0 Å². The van der Waals surface area contributed by atoms with Gasteiger partial charge in [0, 0.05) is 11.3 Å². The Balaban J connectivity index is 1.76. The monoisotopic (exact) mass is 375 g/mol. The number of hydrogen-bond acceptors (Lipinski definition) is 4. The van der Waals surface area contributed by atoms with E-state index in [0.717, 1.165) is 18.4 Å². The number of ether oxygens (including phenoxy) is 2. The predicted octanol–water partition coefficient (Wildman–Crippen LogP) is 3.48. The number of carbonyl (C=O) groups excluding carboxylic acids is 1. The number of rotatable bonds is 7. The van der Waals surface area contributed by atoms with Crippen molar-refractivity contribution in [3.63, 3.8) is 0 Å². The Bertz CT molecular complexity index is 848. The normalized spacial score (nSPS) is 14.4. The van der Waals surface area contributed by atoms with E-state index in [9.17, 15) is 9.59 Å². The summed E-state index contributed by atoms with van der Waals surface area (Å²) in [7, 11) is 1.59. The van der Waals surface area contributed by atoms with E-state index in [1.807, 2.05) is 24.3 Å². The second-order valence-corrected chi connectivity index (χ2v) is 6.47. The number of hydrogen-bond donors (Lipinski definition) is 2. The van der Waals surface area contributed by atoms with Gasteiger partial charge in [-0.2, -0.15) is 0 Å². The van der Waals surface area contributed by atoms with Crippen molar-refractivity contribution < 1.29 is 24.2 Å². The average molecular weight is 376 g/mol. The minimum absolute atomic E-state index is 0.128. The molecule has 7 heteroatoms. The van der Waals surface area contributed by atoms with E-state index in [1.54, 1.807) is 13.2 Å². The number of halogens is 1. The highest BCUT2D eigenvalue weighted by Crippen LogP contribution is 2.52. The highest BCUT2D eigenvalue weighted by molar-refractivity contribution is 6.32. The molecule has 1 aliphatic rings. The molecule has 0 heterocycles. The summed E-state index contributed by atoms with van der Waals surface area (Å²) in [6.07, 6.45) is 1.49. The number of carboxylic acids is 1. The Morgan fingerprint density at radius 1 is 1.19 bits per heavy atom. The van der Waals surface area contributed by atoms with Crippen molar-refractivity contribution in [1.82, 2.24) is 0 Å². The molecule has 0 aromatic heterocycles. The largest absolute Gasteiger partial charge is 0.496 e. The first-order valence-electron chi connectivity index (χ1n) is 8.05. The Hall–Kier alpha value is -2.73. The SMILES string of the molecule is COc1ccccc1C1(C(=O)Nc2ccc(OCC(=O)O)c(Cl)c2)CC1. The van der Waals surface area contributed by atoms with Crippen LogP contribution in [0.5, 0.6) is 11.5 Å². The molecule has 0 spiro atoms. The van der Waals surface area contributed by atoms with Crippen molar-refractivity contribution in [3.8, 4) is 11.5 Å². The molecule has 2 aromatic carbocycles. The Morgan fingerprint density at radius 3 is 2.54 bits per heavy atom. The maximum absolute atomic E-state index is 12.9. The summed E-state index contributed by atoms with van der Waals surface area (Å²) in [5.41, 5.74) is 0.786. The van der Waals surface area contributed by atoms with Crippen LogP contribution in [0.4, 0.5) is 5.69 Å². The van der Waals surface area contributed by atoms with Gasteiger partial charge in [0.2, 0.25) is 5.91 Å². The van der Waals surface area contributed by atoms with E-state index in [1.165, 1.54) is 12.1 Å². The van der Waals surface area contributed by atoms with Gasteiger partial charge in [0.25, 0.3) is 0 Å². The molecule has 3 rings (SSSR count). The van der Waals surface area contributed by atoms with Gasteiger partial charge in [-0.1, -0.05) is 29.8 Å². The summed E-state index contributed by atoms with van der Waals surface area (Å²) < 4.78 is 10.5. The summed E-state index contributed by atoms with van der Waals surface area (Å²) >= 11 is 6.10. The third-order valence-corrected chi connectivity index (χ3v) is 4.64. The molecule has 2 aromatic rings.